The van der Waals surface area contributed by atoms with E-state index in [0.717, 1.165) is 0 Å². The van der Waals surface area contributed by atoms with E-state index in [4.69, 9.17) is 20.7 Å². The third-order valence-corrected chi connectivity index (χ3v) is 2.72. The van der Waals surface area contributed by atoms with Gasteiger partial charge < -0.3 is 35.5 Å². The molecule has 18 heavy (non-hydrogen) atoms. The second-order valence-corrected chi connectivity index (χ2v) is 3.96. The Morgan fingerprint density at radius 3 is 2.56 bits per heavy atom. The molecular weight excluding hydrogens is 246 g/mol. The molecule has 0 aliphatic carbocycles. The largest absolute Gasteiger partial charge is 0.387 e. The summed E-state index contributed by atoms with van der Waals surface area (Å²) in [5.74, 6) is -0.750. The average Bonchev–Trinajstić information content (AvgIpc) is 2.86. The lowest BCUT2D eigenvalue weighted by Gasteiger charge is -2.16. The molecule has 1 fully saturated rings. The normalized spacial score (nSPS) is 32.1. The summed E-state index contributed by atoms with van der Waals surface area (Å²) in [5, 5.41) is 37.2. The van der Waals surface area contributed by atoms with Crippen molar-refractivity contribution in [2.75, 3.05) is 0 Å². The molecule has 0 bridgehead atoms. The van der Waals surface area contributed by atoms with Crippen molar-refractivity contribution in [3.8, 4) is 0 Å². The molecule has 100 valence electrons. The minimum Gasteiger partial charge on any atom is -0.387 e. The molecule has 6 N–H and O–H groups in total. The number of nitrogens with two attached hydrogens (primary N) is 1. The van der Waals surface area contributed by atoms with Crippen LogP contribution in [0.5, 0.6) is 0 Å². The van der Waals surface area contributed by atoms with Gasteiger partial charge in [-0.05, 0) is 0 Å². The van der Waals surface area contributed by atoms with Crippen LogP contribution in [0.15, 0.2) is 12.5 Å². The van der Waals surface area contributed by atoms with Gasteiger partial charge in [0.25, 0.3) is 5.91 Å². The number of imidazole rings is 1. The van der Waals surface area contributed by atoms with Crippen molar-refractivity contribution < 1.29 is 30.0 Å². The monoisotopic (exact) mass is 259 g/mol. The molecule has 4 atom stereocenters. The number of carbonyl (C=O) groups is 1. The fourth-order valence-electron chi connectivity index (χ4n) is 1.78. The minimum absolute atomic E-state index is 0.0340. The Morgan fingerprint density at radius 2 is 2.11 bits per heavy atom. The SMILES string of the molecule is NC(=O)c1cn([C@@H]2O[C@H](C(O)O)[C@@H](O)[C@H]2O)cn1. The first-order valence-corrected chi connectivity index (χ1v) is 5.13. The molecule has 1 aliphatic heterocycles. The Hall–Kier alpha value is -1.52. The number of nitrogens with zero attached hydrogens (tertiary/aromatic N) is 2. The van der Waals surface area contributed by atoms with Crippen LogP contribution >= 0.6 is 0 Å². The molecule has 0 radical (unpaired) electrons. The van der Waals surface area contributed by atoms with Gasteiger partial charge in [-0.3, -0.25) is 4.79 Å². The molecule has 0 saturated carbocycles. The van der Waals surface area contributed by atoms with Crippen molar-refractivity contribution in [2.24, 2.45) is 5.73 Å². The van der Waals surface area contributed by atoms with E-state index < -0.39 is 36.7 Å². The Kier molecular flexibility index (Phi) is 3.32. The minimum atomic E-state index is -1.93. The van der Waals surface area contributed by atoms with Gasteiger partial charge in [-0.2, -0.15) is 0 Å². The lowest BCUT2D eigenvalue weighted by atomic mass is 10.1. The van der Waals surface area contributed by atoms with Gasteiger partial charge >= 0.3 is 0 Å². The van der Waals surface area contributed by atoms with Crippen LogP contribution in [0.25, 0.3) is 0 Å². The average molecular weight is 259 g/mol. The van der Waals surface area contributed by atoms with E-state index in [0.29, 0.717) is 0 Å². The van der Waals surface area contributed by atoms with Crippen molar-refractivity contribution in [3.05, 3.63) is 18.2 Å². The van der Waals surface area contributed by atoms with E-state index in [9.17, 15) is 15.0 Å². The summed E-state index contributed by atoms with van der Waals surface area (Å²) in [6, 6.07) is 0. The van der Waals surface area contributed by atoms with Gasteiger partial charge in [0.05, 0.1) is 6.33 Å². The highest BCUT2D eigenvalue weighted by Gasteiger charge is 2.46. The number of rotatable bonds is 3. The summed E-state index contributed by atoms with van der Waals surface area (Å²) >= 11 is 0. The lowest BCUT2D eigenvalue weighted by molar-refractivity contribution is -0.167. The van der Waals surface area contributed by atoms with Gasteiger partial charge in [-0.25, -0.2) is 4.98 Å². The highest BCUT2D eigenvalue weighted by atomic mass is 16.6. The number of ether oxygens (including phenoxy) is 1. The topological polar surface area (TPSA) is 151 Å². The molecule has 2 rings (SSSR count). The fraction of sp³-hybridized carbons (Fsp3) is 0.556. The van der Waals surface area contributed by atoms with E-state index in [-0.39, 0.29) is 5.69 Å². The Labute approximate surface area is 101 Å². The van der Waals surface area contributed by atoms with E-state index >= 15 is 0 Å². The number of carbonyl (C=O) groups excluding carboxylic acids is 1. The molecule has 1 aromatic heterocycles. The smallest absolute Gasteiger partial charge is 0.268 e. The van der Waals surface area contributed by atoms with Crippen molar-refractivity contribution >= 4 is 5.91 Å². The van der Waals surface area contributed by atoms with Gasteiger partial charge in [-0.1, -0.05) is 0 Å². The molecule has 0 spiro atoms. The Balaban J connectivity index is 2.20. The second kappa shape index (κ2) is 4.63. The van der Waals surface area contributed by atoms with Crippen LogP contribution in [0.4, 0.5) is 0 Å². The molecule has 9 heteroatoms. The third kappa shape index (κ3) is 2.09. The van der Waals surface area contributed by atoms with Crippen LogP contribution < -0.4 is 5.73 Å². The summed E-state index contributed by atoms with van der Waals surface area (Å²) in [5.41, 5.74) is 4.98. The molecule has 1 aliphatic rings. The first-order chi connectivity index (χ1) is 8.41. The maximum atomic E-state index is 10.9. The first kappa shape index (κ1) is 12.9. The zero-order valence-corrected chi connectivity index (χ0v) is 9.12. The maximum Gasteiger partial charge on any atom is 0.268 e. The molecule has 1 amide bonds. The van der Waals surface area contributed by atoms with E-state index in [1.54, 1.807) is 0 Å². The van der Waals surface area contributed by atoms with Gasteiger partial charge in [0.2, 0.25) is 0 Å². The summed E-state index contributed by atoms with van der Waals surface area (Å²) in [4.78, 5) is 14.5. The van der Waals surface area contributed by atoms with E-state index in [1.165, 1.54) is 17.1 Å². The zero-order chi connectivity index (χ0) is 13.4. The Morgan fingerprint density at radius 1 is 1.44 bits per heavy atom. The highest BCUT2D eigenvalue weighted by molar-refractivity contribution is 5.90. The number of hydrogen-bond donors (Lipinski definition) is 5. The summed E-state index contributed by atoms with van der Waals surface area (Å²) in [6.07, 6.45) is -4.78. The van der Waals surface area contributed by atoms with Crippen LogP contribution in [-0.4, -0.2) is 60.5 Å². The lowest BCUT2D eigenvalue weighted by Crippen LogP contribution is -2.38. The number of aromatic nitrogens is 2. The predicted molar refractivity (Wildman–Crippen MR) is 54.9 cm³/mol. The first-order valence-electron chi connectivity index (χ1n) is 5.13. The zero-order valence-electron chi connectivity index (χ0n) is 9.12. The van der Waals surface area contributed by atoms with Gasteiger partial charge in [0.1, 0.15) is 24.0 Å². The van der Waals surface area contributed by atoms with Crippen molar-refractivity contribution in [3.63, 3.8) is 0 Å². The van der Waals surface area contributed by atoms with Crippen molar-refractivity contribution in [1.29, 1.82) is 0 Å². The van der Waals surface area contributed by atoms with Gasteiger partial charge in [0.15, 0.2) is 12.5 Å². The quantitative estimate of drug-likeness (QED) is 0.361. The standard InChI is InChI=1S/C9H13N3O6/c10-7(15)3-1-12(2-11-3)8-5(14)4(13)6(18-8)9(16)17/h1-2,4-6,8-9,13-14,16-17H,(H2,10,15)/t4-,5+,6-,8+/m0/s1. The van der Waals surface area contributed by atoms with Crippen molar-refractivity contribution in [1.82, 2.24) is 9.55 Å². The predicted octanol–water partition coefficient (Wildman–Crippen LogP) is -3.09. The van der Waals surface area contributed by atoms with Gasteiger partial charge in [0, 0.05) is 6.20 Å². The van der Waals surface area contributed by atoms with Crippen LogP contribution in [-0.2, 0) is 4.74 Å². The number of hydrogen-bond acceptors (Lipinski definition) is 7. The third-order valence-electron chi connectivity index (χ3n) is 2.72. The Bertz CT molecular complexity index is 447. The van der Waals surface area contributed by atoms with E-state index in [1.807, 2.05) is 0 Å². The number of aliphatic hydroxyl groups is 4. The molecule has 9 nitrogen and oxygen atoms in total. The molecule has 0 unspecified atom stereocenters. The van der Waals surface area contributed by atoms with Crippen LogP contribution in [0.2, 0.25) is 0 Å². The van der Waals surface area contributed by atoms with Crippen molar-refractivity contribution in [2.45, 2.75) is 30.8 Å². The van der Waals surface area contributed by atoms with E-state index in [2.05, 4.69) is 4.98 Å². The molecule has 1 saturated heterocycles. The summed E-state index contributed by atoms with van der Waals surface area (Å²) < 4.78 is 6.32. The summed E-state index contributed by atoms with van der Waals surface area (Å²) in [7, 11) is 0. The van der Waals surface area contributed by atoms with Crippen LogP contribution in [0, 0.1) is 0 Å². The fourth-order valence-corrected chi connectivity index (χ4v) is 1.78. The van der Waals surface area contributed by atoms with Crippen LogP contribution in [0.1, 0.15) is 16.7 Å². The molecule has 2 heterocycles. The number of primary amides is 1. The second-order valence-electron chi connectivity index (χ2n) is 3.96. The molecular formula is C9H13N3O6. The number of aliphatic hydroxyl groups excluding tert-OH is 3. The molecule has 0 aromatic carbocycles. The number of amides is 1. The van der Waals surface area contributed by atoms with Gasteiger partial charge in [-0.15, -0.1) is 0 Å². The molecule has 1 aromatic rings. The van der Waals surface area contributed by atoms with Crippen LogP contribution in [0.3, 0.4) is 0 Å². The maximum absolute atomic E-state index is 10.9. The highest BCUT2D eigenvalue weighted by Crippen LogP contribution is 2.30. The summed E-state index contributed by atoms with van der Waals surface area (Å²) in [6.45, 7) is 0.